The van der Waals surface area contributed by atoms with E-state index in [4.69, 9.17) is 9.84 Å². The average molecular weight is 271 g/mol. The van der Waals surface area contributed by atoms with Crippen LogP contribution in [0.2, 0.25) is 0 Å². The molecule has 4 heteroatoms. The summed E-state index contributed by atoms with van der Waals surface area (Å²) in [6.45, 7) is 5.80. The fraction of sp³-hybridized carbons (Fsp3) is 0.250. The Morgan fingerprint density at radius 2 is 2.15 bits per heavy atom. The molecule has 0 aliphatic heterocycles. The number of hydrogen-bond donors (Lipinski definition) is 1. The average Bonchev–Trinajstić information content (AvgIpc) is 2.36. The first-order chi connectivity index (χ1) is 9.47. The van der Waals surface area contributed by atoms with Crippen molar-refractivity contribution in [3.05, 3.63) is 41.6 Å². The number of aromatic nitrogens is 1. The van der Waals surface area contributed by atoms with E-state index in [-0.39, 0.29) is 6.10 Å². The van der Waals surface area contributed by atoms with Gasteiger partial charge in [-0.25, -0.2) is 9.78 Å². The first-order valence-electron chi connectivity index (χ1n) is 6.45. The summed E-state index contributed by atoms with van der Waals surface area (Å²) < 4.78 is 5.76. The summed E-state index contributed by atoms with van der Waals surface area (Å²) in [7, 11) is 0. The van der Waals surface area contributed by atoms with E-state index >= 15 is 0 Å². The van der Waals surface area contributed by atoms with Gasteiger partial charge in [0, 0.05) is 17.2 Å². The summed E-state index contributed by atoms with van der Waals surface area (Å²) in [6.07, 6.45) is 2.77. The van der Waals surface area contributed by atoms with Gasteiger partial charge in [-0.3, -0.25) is 0 Å². The van der Waals surface area contributed by atoms with E-state index in [0.717, 1.165) is 28.2 Å². The second-order valence-electron chi connectivity index (χ2n) is 4.84. The zero-order chi connectivity index (χ0) is 14.7. The minimum atomic E-state index is -0.970. The molecule has 0 amide bonds. The second kappa shape index (κ2) is 5.74. The molecule has 2 aromatic rings. The Balaban J connectivity index is 2.62. The number of aryl methyl sites for hydroxylation is 1. The molecule has 1 heterocycles. The SMILES string of the molecule is Cc1cc(/C=C/C(=O)O)c2cccc(OC(C)C)c2n1. The van der Waals surface area contributed by atoms with Crippen LogP contribution in [0.15, 0.2) is 30.3 Å². The molecule has 1 N–H and O–H groups in total. The largest absolute Gasteiger partial charge is 0.489 e. The van der Waals surface area contributed by atoms with Crippen LogP contribution in [0.4, 0.5) is 0 Å². The van der Waals surface area contributed by atoms with E-state index in [0.29, 0.717) is 5.75 Å². The number of hydrogen-bond acceptors (Lipinski definition) is 3. The molecule has 0 radical (unpaired) electrons. The maximum Gasteiger partial charge on any atom is 0.328 e. The highest BCUT2D eigenvalue weighted by atomic mass is 16.5. The van der Waals surface area contributed by atoms with Gasteiger partial charge in [-0.1, -0.05) is 12.1 Å². The molecular formula is C16H17NO3. The van der Waals surface area contributed by atoms with Gasteiger partial charge >= 0.3 is 5.97 Å². The molecule has 1 aromatic carbocycles. The van der Waals surface area contributed by atoms with Crippen LogP contribution in [0.5, 0.6) is 5.75 Å². The lowest BCUT2D eigenvalue weighted by atomic mass is 10.1. The van der Waals surface area contributed by atoms with E-state index in [1.165, 1.54) is 0 Å². The molecule has 4 nitrogen and oxygen atoms in total. The molecule has 0 saturated heterocycles. The summed E-state index contributed by atoms with van der Waals surface area (Å²) in [4.78, 5) is 15.2. The van der Waals surface area contributed by atoms with Gasteiger partial charge in [-0.05, 0) is 44.5 Å². The van der Waals surface area contributed by atoms with Gasteiger partial charge in [0.2, 0.25) is 0 Å². The van der Waals surface area contributed by atoms with Gasteiger partial charge in [-0.15, -0.1) is 0 Å². The number of para-hydroxylation sites is 1. The molecule has 104 valence electrons. The van der Waals surface area contributed by atoms with E-state index in [2.05, 4.69) is 4.98 Å². The molecule has 0 fully saturated rings. The zero-order valence-corrected chi connectivity index (χ0v) is 11.8. The molecule has 1 aromatic heterocycles. The van der Waals surface area contributed by atoms with Crippen LogP contribution in [0.1, 0.15) is 25.1 Å². The fourth-order valence-corrected chi connectivity index (χ4v) is 2.03. The minimum Gasteiger partial charge on any atom is -0.489 e. The summed E-state index contributed by atoms with van der Waals surface area (Å²) >= 11 is 0. The van der Waals surface area contributed by atoms with Crippen molar-refractivity contribution in [2.45, 2.75) is 26.9 Å². The summed E-state index contributed by atoms with van der Waals surface area (Å²) in [5.74, 6) is -0.256. The van der Waals surface area contributed by atoms with Crippen molar-refractivity contribution >= 4 is 22.9 Å². The lowest BCUT2D eigenvalue weighted by Crippen LogP contribution is -2.06. The van der Waals surface area contributed by atoms with Crippen molar-refractivity contribution in [2.75, 3.05) is 0 Å². The number of benzene rings is 1. The quantitative estimate of drug-likeness (QED) is 0.865. The number of rotatable bonds is 4. The van der Waals surface area contributed by atoms with Gasteiger partial charge in [0.15, 0.2) is 0 Å². The first kappa shape index (κ1) is 14.1. The first-order valence-corrected chi connectivity index (χ1v) is 6.45. The predicted octanol–water partition coefficient (Wildman–Crippen LogP) is 3.43. The van der Waals surface area contributed by atoms with E-state index in [9.17, 15) is 4.79 Å². The van der Waals surface area contributed by atoms with E-state index in [1.54, 1.807) is 6.08 Å². The number of fused-ring (bicyclic) bond motifs is 1. The van der Waals surface area contributed by atoms with E-state index < -0.39 is 5.97 Å². The molecular weight excluding hydrogens is 254 g/mol. The highest BCUT2D eigenvalue weighted by Crippen LogP contribution is 2.28. The molecule has 0 aliphatic carbocycles. The van der Waals surface area contributed by atoms with Crippen LogP contribution in [-0.2, 0) is 4.79 Å². The normalized spacial score (nSPS) is 11.4. The number of carboxylic acid groups (broad SMARTS) is 1. The summed E-state index contributed by atoms with van der Waals surface area (Å²) in [6, 6.07) is 7.53. The van der Waals surface area contributed by atoms with Crippen molar-refractivity contribution in [2.24, 2.45) is 0 Å². The van der Waals surface area contributed by atoms with Crippen LogP contribution < -0.4 is 4.74 Å². The molecule has 0 spiro atoms. The van der Waals surface area contributed by atoms with Crippen molar-refractivity contribution < 1.29 is 14.6 Å². The number of nitrogens with zero attached hydrogens (tertiary/aromatic N) is 1. The highest BCUT2D eigenvalue weighted by Gasteiger charge is 2.09. The number of pyridine rings is 1. The van der Waals surface area contributed by atoms with Gasteiger partial charge in [0.1, 0.15) is 11.3 Å². The molecule has 0 bridgehead atoms. The van der Waals surface area contributed by atoms with Gasteiger partial charge in [0.05, 0.1) is 6.10 Å². The Hall–Kier alpha value is -2.36. The Bertz CT molecular complexity index is 675. The second-order valence-corrected chi connectivity index (χ2v) is 4.84. The molecule has 20 heavy (non-hydrogen) atoms. The molecule has 0 aliphatic rings. The topological polar surface area (TPSA) is 59.4 Å². The number of aliphatic carboxylic acids is 1. The molecule has 0 atom stereocenters. The zero-order valence-electron chi connectivity index (χ0n) is 11.8. The van der Waals surface area contributed by atoms with Crippen LogP contribution in [-0.4, -0.2) is 22.2 Å². The van der Waals surface area contributed by atoms with E-state index in [1.807, 2.05) is 45.0 Å². The smallest absolute Gasteiger partial charge is 0.328 e. The Morgan fingerprint density at radius 1 is 1.40 bits per heavy atom. The van der Waals surface area contributed by atoms with Crippen LogP contribution in [0.25, 0.3) is 17.0 Å². The highest BCUT2D eigenvalue weighted by molar-refractivity contribution is 5.95. The van der Waals surface area contributed by atoms with Gasteiger partial charge < -0.3 is 9.84 Å². The molecule has 2 rings (SSSR count). The van der Waals surface area contributed by atoms with Gasteiger partial charge in [0.25, 0.3) is 0 Å². The monoisotopic (exact) mass is 271 g/mol. The third-order valence-electron chi connectivity index (χ3n) is 2.73. The van der Waals surface area contributed by atoms with Crippen molar-refractivity contribution in [3.8, 4) is 5.75 Å². The lowest BCUT2D eigenvalue weighted by Gasteiger charge is -2.13. The Kier molecular flexibility index (Phi) is 4.03. The minimum absolute atomic E-state index is 0.0564. The maximum atomic E-state index is 10.7. The van der Waals surface area contributed by atoms with Crippen LogP contribution >= 0.6 is 0 Å². The van der Waals surface area contributed by atoms with Crippen molar-refractivity contribution in [1.29, 1.82) is 0 Å². The summed E-state index contributed by atoms with van der Waals surface area (Å²) in [5.41, 5.74) is 2.40. The van der Waals surface area contributed by atoms with Crippen molar-refractivity contribution in [1.82, 2.24) is 4.98 Å². The Labute approximate surface area is 117 Å². The third kappa shape index (κ3) is 3.15. The molecule has 0 saturated carbocycles. The maximum absolute atomic E-state index is 10.7. The number of ether oxygens (including phenoxy) is 1. The number of carboxylic acids is 1. The lowest BCUT2D eigenvalue weighted by molar-refractivity contribution is -0.131. The standard InChI is InChI=1S/C16H17NO3/c1-10(2)20-14-6-4-5-13-12(7-8-15(18)19)9-11(3)17-16(13)14/h4-10H,1-3H3,(H,18,19)/b8-7+. The van der Waals surface area contributed by atoms with Crippen LogP contribution in [0.3, 0.4) is 0 Å². The fourth-order valence-electron chi connectivity index (χ4n) is 2.03. The Morgan fingerprint density at radius 3 is 2.80 bits per heavy atom. The van der Waals surface area contributed by atoms with Gasteiger partial charge in [-0.2, -0.15) is 0 Å². The number of carbonyl (C=O) groups is 1. The van der Waals surface area contributed by atoms with Crippen molar-refractivity contribution in [3.63, 3.8) is 0 Å². The third-order valence-corrected chi connectivity index (χ3v) is 2.73. The van der Waals surface area contributed by atoms with Crippen LogP contribution in [0, 0.1) is 6.92 Å². The summed E-state index contributed by atoms with van der Waals surface area (Å²) in [5, 5.41) is 9.64. The predicted molar refractivity (Wildman–Crippen MR) is 78.9 cm³/mol. The molecule has 0 unspecified atom stereocenters.